The van der Waals surface area contributed by atoms with Gasteiger partial charge in [-0.05, 0) is 44.7 Å². The predicted molar refractivity (Wildman–Crippen MR) is 105 cm³/mol. The number of aromatic nitrogens is 3. The summed E-state index contributed by atoms with van der Waals surface area (Å²) in [5, 5.41) is 12.5. The summed E-state index contributed by atoms with van der Waals surface area (Å²) in [6.45, 7) is 5.07. The average Bonchev–Trinajstić information content (AvgIpc) is 3.20. The van der Waals surface area contributed by atoms with Gasteiger partial charge in [-0.25, -0.2) is 0 Å². The van der Waals surface area contributed by atoms with Gasteiger partial charge in [0, 0.05) is 25.6 Å². The fraction of sp³-hybridized carbons (Fsp3) is 0.526. The number of hydrogen-bond acceptors (Lipinski definition) is 5. The number of para-hydroxylation sites is 2. The zero-order valence-corrected chi connectivity index (χ0v) is 16.0. The third kappa shape index (κ3) is 3.72. The maximum Gasteiger partial charge on any atom is 0.234 e. The second-order valence-electron chi connectivity index (χ2n) is 6.91. The van der Waals surface area contributed by atoms with Gasteiger partial charge in [-0.2, -0.15) is 0 Å². The van der Waals surface area contributed by atoms with Crippen molar-refractivity contribution in [3.05, 3.63) is 30.1 Å². The molecule has 1 aromatic heterocycles. The zero-order chi connectivity index (χ0) is 17.9. The van der Waals surface area contributed by atoms with E-state index >= 15 is 0 Å². The third-order valence-electron chi connectivity index (χ3n) is 4.96. The molecule has 4 rings (SSSR count). The lowest BCUT2D eigenvalue weighted by molar-refractivity contribution is -0.113. The third-order valence-corrected chi connectivity index (χ3v) is 5.93. The molecule has 0 atom stereocenters. The molecule has 2 aliphatic rings. The van der Waals surface area contributed by atoms with E-state index in [1.54, 1.807) is 0 Å². The standard InChI is InChI=1S/C19H25N5OS/c1-2-24-18(14-9-10-14)21-22-19(24)26-13-17(25)20-15-7-3-4-8-16(15)23-11-5-6-12-23/h3-4,7-8,14H,2,5-6,9-13H2,1H3,(H,20,25). The highest BCUT2D eigenvalue weighted by Crippen LogP contribution is 2.40. The Morgan fingerprint density at radius 1 is 1.23 bits per heavy atom. The van der Waals surface area contributed by atoms with Crippen molar-refractivity contribution in [2.75, 3.05) is 29.1 Å². The van der Waals surface area contributed by atoms with Crippen molar-refractivity contribution in [2.24, 2.45) is 0 Å². The van der Waals surface area contributed by atoms with Crippen molar-refractivity contribution in [3.63, 3.8) is 0 Å². The number of nitrogens with one attached hydrogen (secondary N) is 1. The number of benzene rings is 1. The minimum atomic E-state index is 0.000252. The number of carbonyl (C=O) groups is 1. The van der Waals surface area contributed by atoms with Gasteiger partial charge >= 0.3 is 0 Å². The molecule has 2 fully saturated rings. The van der Waals surface area contributed by atoms with Gasteiger partial charge < -0.3 is 14.8 Å². The summed E-state index contributed by atoms with van der Waals surface area (Å²) in [5.74, 6) is 1.99. The molecule has 1 N–H and O–H groups in total. The van der Waals surface area contributed by atoms with Gasteiger partial charge in [0.25, 0.3) is 0 Å². The Kier molecular flexibility index (Phi) is 5.15. The van der Waals surface area contributed by atoms with Crippen LogP contribution in [0.1, 0.15) is 44.3 Å². The van der Waals surface area contributed by atoms with E-state index in [0.717, 1.165) is 42.0 Å². The first-order valence-corrected chi connectivity index (χ1v) is 10.4. The molecular weight excluding hydrogens is 346 g/mol. The summed E-state index contributed by atoms with van der Waals surface area (Å²) >= 11 is 1.47. The molecule has 0 radical (unpaired) electrons. The summed E-state index contributed by atoms with van der Waals surface area (Å²) in [6, 6.07) is 8.07. The van der Waals surface area contributed by atoms with Crippen LogP contribution in [0.4, 0.5) is 11.4 Å². The van der Waals surface area contributed by atoms with Gasteiger partial charge in [0.05, 0.1) is 17.1 Å². The van der Waals surface area contributed by atoms with E-state index in [4.69, 9.17) is 0 Å². The number of hydrogen-bond donors (Lipinski definition) is 1. The van der Waals surface area contributed by atoms with E-state index in [9.17, 15) is 4.79 Å². The molecule has 1 amide bonds. The minimum absolute atomic E-state index is 0.000252. The summed E-state index contributed by atoms with van der Waals surface area (Å²) in [5.41, 5.74) is 2.02. The van der Waals surface area contributed by atoms with Crippen LogP contribution in [0.15, 0.2) is 29.4 Å². The molecule has 1 aromatic carbocycles. The molecule has 0 bridgehead atoms. The van der Waals surface area contributed by atoms with Crippen LogP contribution in [0.3, 0.4) is 0 Å². The second-order valence-corrected chi connectivity index (χ2v) is 7.85. The van der Waals surface area contributed by atoms with E-state index in [2.05, 4.69) is 38.0 Å². The van der Waals surface area contributed by atoms with Gasteiger partial charge in [-0.3, -0.25) is 4.79 Å². The number of thioether (sulfide) groups is 1. The summed E-state index contributed by atoms with van der Waals surface area (Å²) in [4.78, 5) is 14.8. The Bertz CT molecular complexity index is 780. The molecule has 0 unspecified atom stereocenters. The fourth-order valence-electron chi connectivity index (χ4n) is 3.48. The highest BCUT2D eigenvalue weighted by molar-refractivity contribution is 7.99. The molecule has 2 heterocycles. The smallest absolute Gasteiger partial charge is 0.234 e. The maximum absolute atomic E-state index is 12.5. The van der Waals surface area contributed by atoms with Gasteiger partial charge in [0.2, 0.25) is 5.91 Å². The first kappa shape index (κ1) is 17.4. The lowest BCUT2D eigenvalue weighted by atomic mass is 10.2. The van der Waals surface area contributed by atoms with Crippen LogP contribution in [0, 0.1) is 0 Å². The summed E-state index contributed by atoms with van der Waals surface area (Å²) in [7, 11) is 0. The first-order chi connectivity index (χ1) is 12.8. The molecule has 2 aromatic rings. The number of rotatable bonds is 7. The van der Waals surface area contributed by atoms with Crippen molar-refractivity contribution in [3.8, 4) is 0 Å². The molecule has 1 saturated heterocycles. The predicted octanol–water partition coefficient (Wildman–Crippen LogP) is 3.51. The lowest BCUT2D eigenvalue weighted by Gasteiger charge is -2.21. The number of nitrogens with zero attached hydrogens (tertiary/aromatic N) is 4. The van der Waals surface area contributed by atoms with Crippen LogP contribution < -0.4 is 10.2 Å². The van der Waals surface area contributed by atoms with Crippen LogP contribution in [0.25, 0.3) is 0 Å². The molecule has 1 saturated carbocycles. The molecule has 138 valence electrons. The number of amides is 1. The van der Waals surface area contributed by atoms with E-state index in [1.165, 1.54) is 37.4 Å². The van der Waals surface area contributed by atoms with Gasteiger partial charge in [-0.1, -0.05) is 23.9 Å². The number of carbonyl (C=O) groups excluding carboxylic acids is 1. The van der Waals surface area contributed by atoms with Crippen molar-refractivity contribution in [1.82, 2.24) is 14.8 Å². The van der Waals surface area contributed by atoms with Crippen molar-refractivity contribution in [2.45, 2.75) is 50.2 Å². The van der Waals surface area contributed by atoms with Crippen molar-refractivity contribution >= 4 is 29.0 Å². The molecule has 26 heavy (non-hydrogen) atoms. The zero-order valence-electron chi connectivity index (χ0n) is 15.1. The molecule has 1 aliphatic heterocycles. The minimum Gasteiger partial charge on any atom is -0.370 e. The topological polar surface area (TPSA) is 63.1 Å². The van der Waals surface area contributed by atoms with Crippen molar-refractivity contribution < 1.29 is 4.79 Å². The largest absolute Gasteiger partial charge is 0.370 e. The Morgan fingerprint density at radius 3 is 2.73 bits per heavy atom. The summed E-state index contributed by atoms with van der Waals surface area (Å²) in [6.07, 6.45) is 4.84. The Hall–Kier alpha value is -2.02. The highest BCUT2D eigenvalue weighted by atomic mass is 32.2. The maximum atomic E-state index is 12.5. The molecule has 6 nitrogen and oxygen atoms in total. The lowest BCUT2D eigenvalue weighted by Crippen LogP contribution is -2.21. The van der Waals surface area contributed by atoms with Gasteiger partial charge in [0.15, 0.2) is 5.16 Å². The Balaban J connectivity index is 1.39. The number of anilines is 2. The van der Waals surface area contributed by atoms with Gasteiger partial charge in [-0.15, -0.1) is 10.2 Å². The highest BCUT2D eigenvalue weighted by Gasteiger charge is 2.30. The molecule has 7 heteroatoms. The Morgan fingerprint density at radius 2 is 2.00 bits per heavy atom. The van der Waals surface area contributed by atoms with Crippen LogP contribution in [0.2, 0.25) is 0 Å². The van der Waals surface area contributed by atoms with Crippen LogP contribution in [0.5, 0.6) is 0 Å². The van der Waals surface area contributed by atoms with Crippen molar-refractivity contribution in [1.29, 1.82) is 0 Å². The van der Waals surface area contributed by atoms with E-state index in [1.807, 2.05) is 18.2 Å². The normalized spacial score (nSPS) is 16.9. The second kappa shape index (κ2) is 7.70. The quantitative estimate of drug-likeness (QED) is 0.755. The SMILES string of the molecule is CCn1c(SCC(=O)Nc2ccccc2N2CCCC2)nnc1C1CC1. The monoisotopic (exact) mass is 371 g/mol. The summed E-state index contributed by atoms with van der Waals surface area (Å²) < 4.78 is 2.15. The van der Waals surface area contributed by atoms with E-state index in [0.29, 0.717) is 11.7 Å². The van der Waals surface area contributed by atoms with E-state index in [-0.39, 0.29) is 5.91 Å². The molecule has 1 aliphatic carbocycles. The van der Waals surface area contributed by atoms with Crippen LogP contribution >= 0.6 is 11.8 Å². The molecular formula is C19H25N5OS. The Labute approximate surface area is 158 Å². The fourth-order valence-corrected chi connectivity index (χ4v) is 4.29. The van der Waals surface area contributed by atoms with E-state index < -0.39 is 0 Å². The molecule has 0 spiro atoms. The average molecular weight is 372 g/mol. The van der Waals surface area contributed by atoms with Gasteiger partial charge in [0.1, 0.15) is 5.82 Å². The first-order valence-electron chi connectivity index (χ1n) is 9.46. The van der Waals surface area contributed by atoms with Crippen LogP contribution in [-0.4, -0.2) is 39.5 Å². The van der Waals surface area contributed by atoms with Crippen LogP contribution in [-0.2, 0) is 11.3 Å².